The molecule has 4 rings (SSSR count). The smallest absolute Gasteiger partial charge is 0.0463 e. The van der Waals surface area contributed by atoms with Crippen LogP contribution >= 0.6 is 0 Å². The van der Waals surface area contributed by atoms with Gasteiger partial charge in [-0.2, -0.15) is 0 Å². The van der Waals surface area contributed by atoms with Gasteiger partial charge in [-0.1, -0.05) is 79.8 Å². The zero-order chi connectivity index (χ0) is 28.0. The van der Waals surface area contributed by atoms with Crippen molar-refractivity contribution in [2.24, 2.45) is 0 Å². The maximum atomic E-state index is 3.36. The number of allylic oxidation sites excluding steroid dienone is 7. The molecular formula is C37H40N2. The monoisotopic (exact) mass is 512 g/mol. The number of nitrogens with zero attached hydrogens (tertiary/aromatic N) is 2. The van der Waals surface area contributed by atoms with Gasteiger partial charge in [0.05, 0.1) is 0 Å². The highest BCUT2D eigenvalue weighted by Gasteiger charge is 2.14. The Hall–Kier alpha value is -4.52. The second-order valence-electron chi connectivity index (χ2n) is 9.40. The first-order valence-corrected chi connectivity index (χ1v) is 13.5. The molecule has 3 aromatic carbocycles. The Labute approximate surface area is 235 Å². The minimum atomic E-state index is 0.815. The van der Waals surface area contributed by atoms with Crippen LogP contribution in [0.3, 0.4) is 0 Å². The molecule has 0 fully saturated rings. The fourth-order valence-electron chi connectivity index (χ4n) is 4.08. The van der Waals surface area contributed by atoms with Crippen LogP contribution in [0.25, 0.3) is 0 Å². The van der Waals surface area contributed by atoms with E-state index in [2.05, 4.69) is 160 Å². The summed E-state index contributed by atoms with van der Waals surface area (Å²) in [5, 5.41) is 0. The maximum absolute atomic E-state index is 3.36. The lowest BCUT2D eigenvalue weighted by molar-refractivity contribution is 1.03. The minimum absolute atomic E-state index is 0.815. The summed E-state index contributed by atoms with van der Waals surface area (Å²) in [4.78, 5) is 4.65. The Balaban J connectivity index is 0.000000983. The van der Waals surface area contributed by atoms with Crippen LogP contribution in [-0.4, -0.2) is 6.54 Å². The Morgan fingerprint density at radius 3 is 1.64 bits per heavy atom. The van der Waals surface area contributed by atoms with Gasteiger partial charge in [-0.25, -0.2) is 0 Å². The molecular weight excluding hydrogens is 472 g/mol. The third-order valence-electron chi connectivity index (χ3n) is 6.24. The highest BCUT2D eigenvalue weighted by atomic mass is 15.2. The van der Waals surface area contributed by atoms with Crippen LogP contribution in [0.2, 0.25) is 0 Å². The molecule has 0 saturated heterocycles. The maximum Gasteiger partial charge on any atom is 0.0463 e. The first kappa shape index (κ1) is 29.0. The molecule has 0 radical (unpaired) electrons. The van der Waals surface area contributed by atoms with E-state index >= 15 is 0 Å². The Bertz CT molecular complexity index is 1320. The summed E-state index contributed by atoms with van der Waals surface area (Å²) in [6.45, 7) is 16.0. The summed E-state index contributed by atoms with van der Waals surface area (Å²) in [5.74, 6) is 0. The number of anilines is 4. The summed E-state index contributed by atoms with van der Waals surface area (Å²) in [6, 6.07) is 26.3. The number of hydrogen-bond donors (Lipinski definition) is 0. The third kappa shape index (κ3) is 8.50. The lowest BCUT2D eigenvalue weighted by atomic mass is 10.1. The fourth-order valence-corrected chi connectivity index (χ4v) is 4.08. The molecule has 0 aromatic heterocycles. The van der Waals surface area contributed by atoms with Crippen molar-refractivity contribution in [2.45, 2.75) is 34.1 Å². The molecule has 3 aromatic rings. The van der Waals surface area contributed by atoms with Gasteiger partial charge in [0.2, 0.25) is 0 Å². The average Bonchev–Trinajstić information content (AvgIpc) is 3.18. The van der Waals surface area contributed by atoms with Crippen molar-refractivity contribution in [1.29, 1.82) is 0 Å². The van der Waals surface area contributed by atoms with Crippen molar-refractivity contribution >= 4 is 22.7 Å². The van der Waals surface area contributed by atoms with Crippen molar-refractivity contribution in [3.8, 4) is 0 Å². The number of benzene rings is 3. The first-order valence-electron chi connectivity index (χ1n) is 13.5. The topological polar surface area (TPSA) is 6.48 Å². The molecule has 1 aliphatic carbocycles. The molecule has 2 heteroatoms. The predicted octanol–water partition coefficient (Wildman–Crippen LogP) is 10.5. The summed E-state index contributed by atoms with van der Waals surface area (Å²) in [5.41, 5.74) is 12.7. The van der Waals surface area contributed by atoms with Gasteiger partial charge in [0.1, 0.15) is 0 Å². The molecule has 0 atom stereocenters. The van der Waals surface area contributed by atoms with Crippen LogP contribution in [0.5, 0.6) is 0 Å². The van der Waals surface area contributed by atoms with Crippen LogP contribution in [0.15, 0.2) is 152 Å². The SMILES string of the molecule is C=CC=C.CC/C=C\CN(C1=CC=C=C(C)C=C1)c1ccc(N(c2ccc(C)cc2)c2ccc(C)cc2)cc1. The molecule has 2 nitrogen and oxygen atoms in total. The third-order valence-corrected chi connectivity index (χ3v) is 6.24. The van der Waals surface area contributed by atoms with E-state index in [4.69, 9.17) is 0 Å². The Kier molecular flexibility index (Phi) is 11.2. The van der Waals surface area contributed by atoms with Crippen LogP contribution in [0, 0.1) is 13.8 Å². The molecule has 39 heavy (non-hydrogen) atoms. The highest BCUT2D eigenvalue weighted by Crippen LogP contribution is 2.36. The molecule has 0 amide bonds. The van der Waals surface area contributed by atoms with Crippen LogP contribution < -0.4 is 9.80 Å². The second-order valence-corrected chi connectivity index (χ2v) is 9.40. The van der Waals surface area contributed by atoms with E-state index in [0.717, 1.165) is 47.0 Å². The van der Waals surface area contributed by atoms with E-state index in [0.29, 0.717) is 0 Å². The molecule has 0 unspecified atom stereocenters. The zero-order valence-corrected chi connectivity index (χ0v) is 23.8. The van der Waals surface area contributed by atoms with Crippen molar-refractivity contribution in [2.75, 3.05) is 16.3 Å². The summed E-state index contributed by atoms with van der Waals surface area (Å²) >= 11 is 0. The number of aryl methyl sites for hydroxylation is 2. The molecule has 0 bridgehead atoms. The van der Waals surface area contributed by atoms with Gasteiger partial charge < -0.3 is 9.80 Å². The van der Waals surface area contributed by atoms with Gasteiger partial charge >= 0.3 is 0 Å². The minimum Gasteiger partial charge on any atom is -0.338 e. The van der Waals surface area contributed by atoms with E-state index in [1.54, 1.807) is 12.2 Å². The quantitative estimate of drug-likeness (QED) is 0.160. The molecule has 1 aliphatic rings. The molecule has 0 saturated carbocycles. The van der Waals surface area contributed by atoms with Crippen LogP contribution in [0.1, 0.15) is 31.4 Å². The van der Waals surface area contributed by atoms with E-state index in [1.165, 1.54) is 11.1 Å². The number of hydrogen-bond acceptors (Lipinski definition) is 2. The Morgan fingerprint density at radius 2 is 1.15 bits per heavy atom. The lowest BCUT2D eigenvalue weighted by Gasteiger charge is -2.28. The number of rotatable bonds is 9. The normalized spacial score (nSPS) is 12.1. The van der Waals surface area contributed by atoms with Crippen molar-refractivity contribution in [3.63, 3.8) is 0 Å². The van der Waals surface area contributed by atoms with Gasteiger partial charge in [-0.15, -0.1) is 5.73 Å². The van der Waals surface area contributed by atoms with E-state index < -0.39 is 0 Å². The van der Waals surface area contributed by atoms with Crippen molar-refractivity contribution in [3.05, 3.63) is 163 Å². The van der Waals surface area contributed by atoms with Crippen molar-refractivity contribution in [1.82, 2.24) is 0 Å². The van der Waals surface area contributed by atoms with Crippen molar-refractivity contribution < 1.29 is 0 Å². The van der Waals surface area contributed by atoms with E-state index in [1.807, 2.05) is 6.08 Å². The molecule has 0 N–H and O–H groups in total. The molecule has 0 spiro atoms. The van der Waals surface area contributed by atoms with Gasteiger partial charge in [-0.05, 0) is 106 Å². The van der Waals surface area contributed by atoms with Crippen LogP contribution in [-0.2, 0) is 0 Å². The van der Waals surface area contributed by atoms with Crippen LogP contribution in [0.4, 0.5) is 22.7 Å². The zero-order valence-electron chi connectivity index (χ0n) is 23.8. The predicted molar refractivity (Wildman–Crippen MR) is 172 cm³/mol. The van der Waals surface area contributed by atoms with E-state index in [9.17, 15) is 0 Å². The molecule has 0 heterocycles. The standard InChI is InChI=1S/C33H34N2.C4H6/c1-5-6-7-25-34(29-10-8-9-26(2)11-16-29)30-21-23-33(24-22-30)35(31-17-12-27(3)13-18-31)32-19-14-28(4)15-20-32;1-3-4-2/h6-8,10-24H,5,25H2,1-4H3;3-4H,1-2H2/b7-6-;. The largest absolute Gasteiger partial charge is 0.338 e. The second kappa shape index (κ2) is 15.0. The highest BCUT2D eigenvalue weighted by molar-refractivity contribution is 5.77. The van der Waals surface area contributed by atoms with Gasteiger partial charge in [0, 0.05) is 35.0 Å². The summed E-state index contributed by atoms with van der Waals surface area (Å²) in [6.07, 6.45) is 17.2. The Morgan fingerprint density at radius 1 is 0.667 bits per heavy atom. The first-order chi connectivity index (χ1) is 19.0. The summed E-state index contributed by atoms with van der Waals surface area (Å²) in [7, 11) is 0. The van der Waals surface area contributed by atoms with Gasteiger partial charge in [0.25, 0.3) is 0 Å². The van der Waals surface area contributed by atoms with Gasteiger partial charge in [-0.3, -0.25) is 0 Å². The summed E-state index contributed by atoms with van der Waals surface area (Å²) < 4.78 is 0. The van der Waals surface area contributed by atoms with Gasteiger partial charge in [0.15, 0.2) is 0 Å². The lowest BCUT2D eigenvalue weighted by Crippen LogP contribution is -2.21. The van der Waals surface area contributed by atoms with E-state index in [-0.39, 0.29) is 0 Å². The molecule has 198 valence electrons. The molecule has 0 aliphatic heterocycles. The fraction of sp³-hybridized carbons (Fsp3) is 0.162. The average molecular weight is 513 g/mol.